The zero-order chi connectivity index (χ0) is 14.3. The van der Waals surface area contributed by atoms with Crippen molar-refractivity contribution < 1.29 is 13.5 Å². The Morgan fingerprint density at radius 1 is 1.55 bits per heavy atom. The molecule has 6 heteroatoms. The summed E-state index contributed by atoms with van der Waals surface area (Å²) in [5.41, 5.74) is 1.20. The van der Waals surface area contributed by atoms with Crippen LogP contribution in [0.4, 0.5) is 4.39 Å². The van der Waals surface area contributed by atoms with E-state index in [0.717, 1.165) is 5.56 Å². The molecule has 1 saturated carbocycles. The molecule has 1 aromatic heterocycles. The molecule has 1 heterocycles. The van der Waals surface area contributed by atoms with E-state index in [0.29, 0.717) is 40.4 Å². The van der Waals surface area contributed by atoms with Crippen molar-refractivity contribution in [2.24, 2.45) is 0 Å². The van der Waals surface area contributed by atoms with Crippen molar-refractivity contribution >= 4 is 38.5 Å². The average molecular weight is 363 g/mol. The van der Waals surface area contributed by atoms with Crippen molar-refractivity contribution in [2.45, 2.75) is 32.0 Å². The van der Waals surface area contributed by atoms with Crippen molar-refractivity contribution in [3.63, 3.8) is 0 Å². The minimum atomic E-state index is -0.460. The number of furan rings is 1. The zero-order valence-electron chi connectivity index (χ0n) is 10.9. The van der Waals surface area contributed by atoms with Gasteiger partial charge in [0.05, 0.1) is 28.0 Å². The number of benzene rings is 1. The first kappa shape index (κ1) is 14.3. The third-order valence-corrected chi connectivity index (χ3v) is 4.27. The average Bonchev–Trinajstić information content (AvgIpc) is 3.17. The highest BCUT2D eigenvalue weighted by atomic mass is 79.9. The van der Waals surface area contributed by atoms with Gasteiger partial charge in [0.1, 0.15) is 5.76 Å². The maximum atomic E-state index is 14.3. The standard InChI is InChI=1S/C14H14BrClFNO2/c1-19-6-8-11(5-18-7-2-3-7)20-14-9(15)4-10(16)13(17)12(8)14/h4,7,18H,2-3,5-6H2,1H3. The molecule has 1 fully saturated rings. The summed E-state index contributed by atoms with van der Waals surface area (Å²) >= 11 is 9.28. The summed E-state index contributed by atoms with van der Waals surface area (Å²) in [5.74, 6) is 0.244. The van der Waals surface area contributed by atoms with Gasteiger partial charge in [-0.25, -0.2) is 4.39 Å². The van der Waals surface area contributed by atoms with E-state index < -0.39 is 5.82 Å². The van der Waals surface area contributed by atoms with Crippen molar-refractivity contribution in [1.29, 1.82) is 0 Å². The molecule has 1 aromatic carbocycles. The van der Waals surface area contributed by atoms with Crippen LogP contribution >= 0.6 is 27.5 Å². The summed E-state index contributed by atoms with van der Waals surface area (Å²) < 4.78 is 25.9. The van der Waals surface area contributed by atoms with E-state index in [2.05, 4.69) is 21.2 Å². The van der Waals surface area contributed by atoms with Crippen LogP contribution in [-0.4, -0.2) is 13.2 Å². The smallest absolute Gasteiger partial charge is 0.153 e. The highest BCUT2D eigenvalue weighted by Gasteiger charge is 2.25. The van der Waals surface area contributed by atoms with Gasteiger partial charge in [-0.1, -0.05) is 11.6 Å². The normalized spacial score (nSPS) is 15.2. The Bertz CT molecular complexity index is 654. The Kier molecular flexibility index (Phi) is 4.04. The highest BCUT2D eigenvalue weighted by molar-refractivity contribution is 9.10. The van der Waals surface area contributed by atoms with Crippen LogP contribution in [0.1, 0.15) is 24.2 Å². The molecule has 0 spiro atoms. The summed E-state index contributed by atoms with van der Waals surface area (Å²) in [6.45, 7) is 0.861. The summed E-state index contributed by atoms with van der Waals surface area (Å²) in [6, 6.07) is 2.06. The van der Waals surface area contributed by atoms with E-state index in [-0.39, 0.29) is 5.02 Å². The molecular weight excluding hydrogens is 349 g/mol. The predicted octanol–water partition coefficient (Wildman–Crippen LogP) is 4.39. The van der Waals surface area contributed by atoms with Gasteiger partial charge in [0, 0.05) is 18.7 Å². The molecular formula is C14H14BrClFNO2. The molecule has 0 saturated heterocycles. The molecule has 3 nitrogen and oxygen atoms in total. The topological polar surface area (TPSA) is 34.4 Å². The Morgan fingerprint density at radius 3 is 2.95 bits per heavy atom. The number of halogens is 3. The summed E-state index contributed by atoms with van der Waals surface area (Å²) in [6.07, 6.45) is 2.37. The van der Waals surface area contributed by atoms with Crippen LogP contribution in [-0.2, 0) is 17.9 Å². The number of hydrogen-bond acceptors (Lipinski definition) is 3. The third kappa shape index (κ3) is 2.60. The first-order chi connectivity index (χ1) is 9.61. The van der Waals surface area contributed by atoms with Gasteiger partial charge in [-0.3, -0.25) is 0 Å². The van der Waals surface area contributed by atoms with Crippen molar-refractivity contribution in [2.75, 3.05) is 7.11 Å². The van der Waals surface area contributed by atoms with Crippen molar-refractivity contribution in [3.8, 4) is 0 Å². The summed E-state index contributed by atoms with van der Waals surface area (Å²) in [7, 11) is 1.58. The first-order valence-corrected chi connectivity index (χ1v) is 7.59. The number of nitrogens with one attached hydrogen (secondary N) is 1. The molecule has 0 atom stereocenters. The van der Waals surface area contributed by atoms with Gasteiger partial charge in [-0.2, -0.15) is 0 Å². The van der Waals surface area contributed by atoms with Gasteiger partial charge in [-0.15, -0.1) is 0 Å². The molecule has 1 N–H and O–H groups in total. The molecule has 1 aliphatic carbocycles. The minimum Gasteiger partial charge on any atom is -0.458 e. The Hall–Kier alpha value is -0.620. The lowest BCUT2D eigenvalue weighted by Crippen LogP contribution is -2.15. The SMILES string of the molecule is COCc1c(CNC2CC2)oc2c(Br)cc(Cl)c(F)c12. The van der Waals surface area contributed by atoms with Crippen LogP contribution in [0.5, 0.6) is 0 Å². The van der Waals surface area contributed by atoms with Gasteiger partial charge in [0.25, 0.3) is 0 Å². The zero-order valence-corrected chi connectivity index (χ0v) is 13.3. The molecule has 2 aromatic rings. The third-order valence-electron chi connectivity index (χ3n) is 3.41. The van der Waals surface area contributed by atoms with E-state index in [1.807, 2.05) is 0 Å². The van der Waals surface area contributed by atoms with E-state index in [4.69, 9.17) is 20.8 Å². The van der Waals surface area contributed by atoms with E-state index in [1.54, 1.807) is 7.11 Å². The van der Waals surface area contributed by atoms with Crippen LogP contribution < -0.4 is 5.32 Å². The molecule has 108 valence electrons. The lowest BCUT2D eigenvalue weighted by atomic mass is 10.1. The highest BCUT2D eigenvalue weighted by Crippen LogP contribution is 2.37. The molecule has 0 unspecified atom stereocenters. The van der Waals surface area contributed by atoms with Crippen LogP contribution in [0, 0.1) is 5.82 Å². The minimum absolute atomic E-state index is 0.0734. The maximum Gasteiger partial charge on any atom is 0.153 e. The number of methoxy groups -OCH3 is 1. The Labute approximate surface area is 129 Å². The fourth-order valence-corrected chi connectivity index (χ4v) is 3.08. The summed E-state index contributed by atoms with van der Waals surface area (Å²) in [5, 5.41) is 3.84. The lowest BCUT2D eigenvalue weighted by Gasteiger charge is -2.04. The second kappa shape index (κ2) is 5.64. The van der Waals surface area contributed by atoms with E-state index in [1.165, 1.54) is 18.9 Å². The van der Waals surface area contributed by atoms with Crippen LogP contribution in [0.15, 0.2) is 15.0 Å². The second-order valence-electron chi connectivity index (χ2n) is 4.95. The van der Waals surface area contributed by atoms with Gasteiger partial charge in [0.15, 0.2) is 11.4 Å². The number of ether oxygens (including phenoxy) is 1. The summed E-state index contributed by atoms with van der Waals surface area (Å²) in [4.78, 5) is 0. The number of hydrogen-bond donors (Lipinski definition) is 1. The quantitative estimate of drug-likeness (QED) is 0.801. The van der Waals surface area contributed by atoms with Gasteiger partial charge >= 0.3 is 0 Å². The van der Waals surface area contributed by atoms with Gasteiger partial charge in [-0.05, 0) is 34.8 Å². The molecule has 0 radical (unpaired) electrons. The predicted molar refractivity (Wildman–Crippen MR) is 79.5 cm³/mol. The van der Waals surface area contributed by atoms with E-state index in [9.17, 15) is 4.39 Å². The van der Waals surface area contributed by atoms with Crippen molar-refractivity contribution in [1.82, 2.24) is 5.32 Å². The molecule has 3 rings (SSSR count). The molecule has 1 aliphatic rings. The molecule has 0 aliphatic heterocycles. The maximum absolute atomic E-state index is 14.3. The molecule has 20 heavy (non-hydrogen) atoms. The van der Waals surface area contributed by atoms with Gasteiger partial charge in [0.2, 0.25) is 0 Å². The monoisotopic (exact) mass is 361 g/mol. The number of rotatable bonds is 5. The first-order valence-electron chi connectivity index (χ1n) is 6.42. The Balaban J connectivity index is 2.10. The second-order valence-corrected chi connectivity index (χ2v) is 6.21. The Morgan fingerprint density at radius 2 is 2.30 bits per heavy atom. The van der Waals surface area contributed by atoms with Crippen LogP contribution in [0.25, 0.3) is 11.0 Å². The number of fused-ring (bicyclic) bond motifs is 1. The fraction of sp³-hybridized carbons (Fsp3) is 0.429. The van der Waals surface area contributed by atoms with Gasteiger partial charge < -0.3 is 14.5 Å². The van der Waals surface area contributed by atoms with Crippen LogP contribution in [0.2, 0.25) is 5.02 Å². The fourth-order valence-electron chi connectivity index (χ4n) is 2.24. The molecule has 0 amide bonds. The van der Waals surface area contributed by atoms with Crippen LogP contribution in [0.3, 0.4) is 0 Å². The van der Waals surface area contributed by atoms with E-state index >= 15 is 0 Å². The largest absolute Gasteiger partial charge is 0.458 e. The van der Waals surface area contributed by atoms with Crippen molar-refractivity contribution in [3.05, 3.63) is 32.7 Å². The lowest BCUT2D eigenvalue weighted by molar-refractivity contribution is 0.183. The molecule has 0 bridgehead atoms.